The maximum absolute atomic E-state index is 13.2. The minimum Gasteiger partial charge on any atom is -0.338 e. The minimum atomic E-state index is -4.44. The molecule has 0 aromatic heterocycles. The van der Waals surface area contributed by atoms with Crippen LogP contribution in [0.25, 0.3) is 0 Å². The van der Waals surface area contributed by atoms with Crippen molar-refractivity contribution in [3.8, 4) is 0 Å². The average Bonchev–Trinajstić information content (AvgIpc) is 2.71. The van der Waals surface area contributed by atoms with Gasteiger partial charge in [-0.05, 0) is 42.9 Å². The lowest BCUT2D eigenvalue weighted by Crippen LogP contribution is -2.39. The van der Waals surface area contributed by atoms with Crippen LogP contribution >= 0.6 is 0 Å². The summed E-state index contributed by atoms with van der Waals surface area (Å²) in [5, 5.41) is 0. The standard InChI is InChI=1S/C24H38F3NO/c1-5-9-12-19(7-3)17-28(18-20(8-4)13-10-6-2)23(29)21-14-11-15-22(16-21)24(25,26)27/h11,14-16,19-20H,5-10,12-13,17-18H2,1-4H3. The summed E-state index contributed by atoms with van der Waals surface area (Å²) < 4.78 is 39.3. The number of alkyl halides is 3. The van der Waals surface area contributed by atoms with Crippen molar-refractivity contribution in [2.75, 3.05) is 13.1 Å². The second-order valence-electron chi connectivity index (χ2n) is 8.12. The van der Waals surface area contributed by atoms with Crippen LogP contribution in [0.2, 0.25) is 0 Å². The molecule has 5 heteroatoms. The first-order chi connectivity index (χ1) is 13.8. The molecule has 1 aromatic rings. The maximum atomic E-state index is 13.2. The van der Waals surface area contributed by atoms with Gasteiger partial charge in [0.15, 0.2) is 0 Å². The summed E-state index contributed by atoms with van der Waals surface area (Å²) in [4.78, 5) is 15.1. The molecule has 0 radical (unpaired) electrons. The molecule has 0 fully saturated rings. The molecular formula is C24H38F3NO. The third-order valence-electron chi connectivity index (χ3n) is 5.77. The summed E-state index contributed by atoms with van der Waals surface area (Å²) in [7, 11) is 0. The Hall–Kier alpha value is -1.52. The number of hydrogen-bond acceptors (Lipinski definition) is 1. The lowest BCUT2D eigenvalue weighted by Gasteiger charge is -2.31. The summed E-state index contributed by atoms with van der Waals surface area (Å²) in [6.45, 7) is 9.79. The number of amides is 1. The minimum absolute atomic E-state index is 0.135. The third-order valence-corrected chi connectivity index (χ3v) is 5.77. The lowest BCUT2D eigenvalue weighted by molar-refractivity contribution is -0.137. The first-order valence-electron chi connectivity index (χ1n) is 11.2. The summed E-state index contributed by atoms with van der Waals surface area (Å²) in [5.41, 5.74) is -0.630. The van der Waals surface area contributed by atoms with E-state index >= 15 is 0 Å². The predicted octanol–water partition coefficient (Wildman–Crippen LogP) is 7.58. The van der Waals surface area contributed by atoms with Crippen molar-refractivity contribution in [3.63, 3.8) is 0 Å². The predicted molar refractivity (Wildman–Crippen MR) is 114 cm³/mol. The Labute approximate surface area is 174 Å². The van der Waals surface area contributed by atoms with Gasteiger partial charge in [0.05, 0.1) is 5.56 Å². The molecule has 1 rings (SSSR count). The van der Waals surface area contributed by atoms with Gasteiger partial charge in [-0.25, -0.2) is 0 Å². The van der Waals surface area contributed by atoms with Crippen molar-refractivity contribution >= 4 is 5.91 Å². The van der Waals surface area contributed by atoms with E-state index in [0.29, 0.717) is 24.9 Å². The van der Waals surface area contributed by atoms with Crippen molar-refractivity contribution in [2.45, 2.75) is 85.2 Å². The van der Waals surface area contributed by atoms with E-state index in [9.17, 15) is 18.0 Å². The normalized spacial score (nSPS) is 13.9. The first-order valence-corrected chi connectivity index (χ1v) is 11.2. The zero-order valence-corrected chi connectivity index (χ0v) is 18.5. The van der Waals surface area contributed by atoms with E-state index in [4.69, 9.17) is 0 Å². The monoisotopic (exact) mass is 413 g/mol. The summed E-state index contributed by atoms with van der Waals surface area (Å²) in [6, 6.07) is 4.85. The zero-order valence-electron chi connectivity index (χ0n) is 18.5. The Kier molecular flexibility index (Phi) is 11.4. The van der Waals surface area contributed by atoms with Gasteiger partial charge in [-0.15, -0.1) is 0 Å². The number of hydrogen-bond donors (Lipinski definition) is 0. The van der Waals surface area contributed by atoms with E-state index < -0.39 is 11.7 Å². The van der Waals surface area contributed by atoms with Gasteiger partial charge in [0.1, 0.15) is 0 Å². The highest BCUT2D eigenvalue weighted by atomic mass is 19.4. The third kappa shape index (κ3) is 8.79. The topological polar surface area (TPSA) is 20.3 Å². The number of nitrogens with zero attached hydrogens (tertiary/aromatic N) is 1. The van der Waals surface area contributed by atoms with Crippen molar-refractivity contribution in [1.82, 2.24) is 4.90 Å². The van der Waals surface area contributed by atoms with Crippen LogP contribution in [0.15, 0.2) is 24.3 Å². The van der Waals surface area contributed by atoms with Gasteiger partial charge in [0, 0.05) is 18.7 Å². The molecule has 166 valence electrons. The SMILES string of the molecule is CCCCC(CC)CN(CC(CC)CCCC)C(=O)c1cccc(C(F)(F)F)c1. The number of benzene rings is 1. The molecule has 0 N–H and O–H groups in total. The van der Waals surface area contributed by atoms with E-state index in [2.05, 4.69) is 27.7 Å². The first kappa shape index (κ1) is 25.5. The quantitative estimate of drug-likeness (QED) is 0.326. The molecule has 1 aromatic carbocycles. The van der Waals surface area contributed by atoms with Gasteiger partial charge in [0.2, 0.25) is 0 Å². The molecule has 2 atom stereocenters. The van der Waals surface area contributed by atoms with Crippen LogP contribution in [0.4, 0.5) is 13.2 Å². The van der Waals surface area contributed by atoms with Gasteiger partial charge < -0.3 is 4.90 Å². The molecule has 0 heterocycles. The number of halogens is 3. The Morgan fingerprint density at radius 2 is 1.45 bits per heavy atom. The molecule has 1 amide bonds. The van der Waals surface area contributed by atoms with Gasteiger partial charge in [0.25, 0.3) is 5.91 Å². The summed E-state index contributed by atoms with van der Waals surface area (Å²) in [6.07, 6.45) is 4.01. The number of rotatable bonds is 13. The Morgan fingerprint density at radius 1 is 0.931 bits per heavy atom. The van der Waals surface area contributed by atoms with Crippen LogP contribution in [0.3, 0.4) is 0 Å². The fraction of sp³-hybridized carbons (Fsp3) is 0.708. The summed E-state index contributed by atoms with van der Waals surface area (Å²) in [5.74, 6) is 0.489. The Morgan fingerprint density at radius 3 is 1.86 bits per heavy atom. The zero-order chi connectivity index (χ0) is 21.9. The largest absolute Gasteiger partial charge is 0.416 e. The van der Waals surface area contributed by atoms with Crippen LogP contribution in [0.5, 0.6) is 0 Å². The van der Waals surface area contributed by atoms with Gasteiger partial charge >= 0.3 is 6.18 Å². The molecule has 0 aliphatic carbocycles. The van der Waals surface area contributed by atoms with Crippen molar-refractivity contribution < 1.29 is 18.0 Å². The number of carbonyl (C=O) groups is 1. The maximum Gasteiger partial charge on any atom is 0.416 e. The van der Waals surface area contributed by atoms with E-state index in [0.717, 1.165) is 63.5 Å². The van der Waals surface area contributed by atoms with E-state index in [1.807, 2.05) is 4.90 Å². The smallest absolute Gasteiger partial charge is 0.338 e. The van der Waals surface area contributed by atoms with Gasteiger partial charge in [-0.1, -0.05) is 72.3 Å². The van der Waals surface area contributed by atoms with Crippen molar-refractivity contribution in [2.24, 2.45) is 11.8 Å². The summed E-state index contributed by atoms with van der Waals surface area (Å²) >= 11 is 0. The Bertz CT molecular complexity index is 582. The fourth-order valence-electron chi connectivity index (χ4n) is 3.71. The molecule has 2 nitrogen and oxygen atoms in total. The second-order valence-corrected chi connectivity index (χ2v) is 8.12. The molecule has 2 unspecified atom stereocenters. The van der Waals surface area contributed by atoms with Crippen LogP contribution in [0, 0.1) is 11.8 Å². The average molecular weight is 414 g/mol. The molecule has 0 spiro atoms. The molecule has 0 aliphatic heterocycles. The van der Waals surface area contributed by atoms with Crippen molar-refractivity contribution in [1.29, 1.82) is 0 Å². The second kappa shape index (κ2) is 12.9. The van der Waals surface area contributed by atoms with Crippen LogP contribution in [-0.2, 0) is 6.18 Å². The van der Waals surface area contributed by atoms with E-state index in [1.54, 1.807) is 0 Å². The van der Waals surface area contributed by atoms with E-state index in [1.165, 1.54) is 12.1 Å². The van der Waals surface area contributed by atoms with Crippen LogP contribution in [0.1, 0.15) is 95.0 Å². The van der Waals surface area contributed by atoms with Gasteiger partial charge in [-0.2, -0.15) is 13.2 Å². The highest BCUT2D eigenvalue weighted by molar-refractivity contribution is 5.94. The van der Waals surface area contributed by atoms with Gasteiger partial charge in [-0.3, -0.25) is 4.79 Å². The van der Waals surface area contributed by atoms with Crippen LogP contribution < -0.4 is 0 Å². The highest BCUT2D eigenvalue weighted by Crippen LogP contribution is 2.30. The van der Waals surface area contributed by atoms with Crippen molar-refractivity contribution in [3.05, 3.63) is 35.4 Å². The molecule has 0 saturated heterocycles. The molecule has 0 aliphatic rings. The molecular weight excluding hydrogens is 375 g/mol. The molecule has 0 saturated carbocycles. The fourth-order valence-corrected chi connectivity index (χ4v) is 3.71. The van der Waals surface area contributed by atoms with E-state index in [-0.39, 0.29) is 11.5 Å². The highest BCUT2D eigenvalue weighted by Gasteiger charge is 2.31. The van der Waals surface area contributed by atoms with Crippen LogP contribution in [-0.4, -0.2) is 23.9 Å². The number of unbranched alkanes of at least 4 members (excludes halogenated alkanes) is 2. The number of carbonyl (C=O) groups excluding carboxylic acids is 1. The lowest BCUT2D eigenvalue weighted by atomic mass is 9.95. The molecule has 0 bridgehead atoms. The Balaban J connectivity index is 3.08. The molecule has 29 heavy (non-hydrogen) atoms.